The van der Waals surface area contributed by atoms with Crippen molar-refractivity contribution < 1.29 is 13.6 Å². The predicted octanol–water partition coefficient (Wildman–Crippen LogP) is 6.61. The first kappa shape index (κ1) is 30.2. The number of unbranched alkanes of at least 4 members (excludes halogenated alkanes) is 1. The Hall–Kier alpha value is -1.01. The van der Waals surface area contributed by atoms with Gasteiger partial charge >= 0.3 is 0 Å². The summed E-state index contributed by atoms with van der Waals surface area (Å²) in [6.45, 7) is 28.0. The van der Waals surface area contributed by atoms with Crippen LogP contribution in [-0.2, 0) is 13.6 Å². The van der Waals surface area contributed by atoms with Crippen molar-refractivity contribution in [1.29, 1.82) is 0 Å². The van der Waals surface area contributed by atoms with Gasteiger partial charge < -0.3 is 18.9 Å². The normalized spacial score (nSPS) is 24.1. The van der Waals surface area contributed by atoms with Crippen molar-refractivity contribution in [2.75, 3.05) is 18.5 Å². The standard InChI is InChI=1S/C26H51N3O4Si2/c1-13-14-15-27-23-28-17-19(22(30)29-23)20-16-26(8,33-35(11,12)25(5,6)7)21(32-20)18-31-34(9,10)24(2,3)4/h17,20-21H,13-16,18H2,1-12H3,(H2,27,28,29,30)/t20-,21-,26?/m1/s1. The minimum Gasteiger partial charge on any atom is -0.414 e. The van der Waals surface area contributed by atoms with Gasteiger partial charge in [-0.15, -0.1) is 0 Å². The van der Waals surface area contributed by atoms with Gasteiger partial charge in [-0.1, -0.05) is 54.9 Å². The molecule has 0 bridgehead atoms. The number of ether oxygens (including phenoxy) is 1. The summed E-state index contributed by atoms with van der Waals surface area (Å²) in [6.07, 6.45) is 3.70. The SMILES string of the molecule is CCCCNc1ncc([C@H]2CC(C)(O[Si](C)(C)C(C)(C)C)[C@@H](CO[Si](C)(C)C(C)(C)C)O2)c(=O)[nH]1. The van der Waals surface area contributed by atoms with E-state index in [-0.39, 0.29) is 21.7 Å². The first-order valence-electron chi connectivity index (χ1n) is 13.2. The molecule has 0 radical (unpaired) electrons. The molecule has 1 unspecified atom stereocenters. The molecule has 0 aromatic carbocycles. The molecule has 202 valence electrons. The highest BCUT2D eigenvalue weighted by Gasteiger charge is 2.53. The minimum atomic E-state index is -2.10. The maximum Gasteiger partial charge on any atom is 0.258 e. The van der Waals surface area contributed by atoms with Crippen molar-refractivity contribution >= 4 is 22.6 Å². The molecule has 0 aliphatic carbocycles. The second-order valence-electron chi connectivity index (χ2n) is 13.4. The van der Waals surface area contributed by atoms with Crippen LogP contribution in [0.4, 0.5) is 5.95 Å². The van der Waals surface area contributed by atoms with E-state index in [4.69, 9.17) is 13.6 Å². The third kappa shape index (κ3) is 7.28. The Labute approximate surface area is 215 Å². The summed E-state index contributed by atoms with van der Waals surface area (Å²) in [4.78, 5) is 20.3. The maximum absolute atomic E-state index is 13.0. The van der Waals surface area contributed by atoms with E-state index in [1.807, 2.05) is 0 Å². The molecule has 2 heterocycles. The van der Waals surface area contributed by atoms with Gasteiger partial charge in [-0.05, 0) is 49.6 Å². The van der Waals surface area contributed by atoms with Gasteiger partial charge in [0.25, 0.3) is 5.56 Å². The van der Waals surface area contributed by atoms with Crippen molar-refractivity contribution in [3.8, 4) is 0 Å². The van der Waals surface area contributed by atoms with E-state index in [2.05, 4.69) is 96.9 Å². The Morgan fingerprint density at radius 1 is 1.14 bits per heavy atom. The largest absolute Gasteiger partial charge is 0.414 e. The van der Waals surface area contributed by atoms with Crippen LogP contribution in [0.2, 0.25) is 36.3 Å². The quantitative estimate of drug-likeness (QED) is 0.264. The molecular weight excluding hydrogens is 474 g/mol. The first-order chi connectivity index (χ1) is 15.8. The average Bonchev–Trinajstić information content (AvgIpc) is 3.00. The van der Waals surface area contributed by atoms with Crippen LogP contribution >= 0.6 is 0 Å². The summed E-state index contributed by atoms with van der Waals surface area (Å²) in [5.41, 5.74) is -0.170. The van der Waals surface area contributed by atoms with E-state index in [1.54, 1.807) is 6.20 Å². The minimum absolute atomic E-state index is 0.0593. The van der Waals surface area contributed by atoms with Gasteiger partial charge in [-0.25, -0.2) is 4.98 Å². The van der Waals surface area contributed by atoms with Crippen LogP contribution in [0.1, 0.15) is 86.3 Å². The number of hydrogen-bond acceptors (Lipinski definition) is 6. The van der Waals surface area contributed by atoms with Crippen molar-refractivity contribution in [2.45, 2.75) is 129 Å². The summed E-state index contributed by atoms with van der Waals surface area (Å²) in [6, 6.07) is 0. The van der Waals surface area contributed by atoms with Crippen LogP contribution in [0.15, 0.2) is 11.0 Å². The average molecular weight is 526 g/mol. The first-order valence-corrected chi connectivity index (χ1v) is 19.0. The van der Waals surface area contributed by atoms with Gasteiger partial charge in [0.2, 0.25) is 5.95 Å². The second kappa shape index (κ2) is 10.8. The Bertz CT molecular complexity index is 905. The molecule has 9 heteroatoms. The zero-order chi connectivity index (χ0) is 26.9. The van der Waals surface area contributed by atoms with Crippen LogP contribution in [0.5, 0.6) is 0 Å². The van der Waals surface area contributed by atoms with Crippen LogP contribution in [-0.4, -0.2) is 51.5 Å². The highest BCUT2D eigenvalue weighted by Crippen LogP contribution is 2.47. The zero-order valence-corrected chi connectivity index (χ0v) is 26.3. The van der Waals surface area contributed by atoms with Crippen LogP contribution < -0.4 is 10.9 Å². The highest BCUT2D eigenvalue weighted by atomic mass is 28.4. The molecule has 35 heavy (non-hydrogen) atoms. The number of hydrogen-bond donors (Lipinski definition) is 2. The van der Waals surface area contributed by atoms with Gasteiger partial charge in [0.05, 0.1) is 23.9 Å². The fourth-order valence-electron chi connectivity index (χ4n) is 3.74. The van der Waals surface area contributed by atoms with Gasteiger partial charge in [0, 0.05) is 19.2 Å². The van der Waals surface area contributed by atoms with E-state index >= 15 is 0 Å². The predicted molar refractivity (Wildman–Crippen MR) is 150 cm³/mol. The Kier molecular flexibility index (Phi) is 9.30. The van der Waals surface area contributed by atoms with Gasteiger partial charge in [-0.2, -0.15) is 0 Å². The van der Waals surface area contributed by atoms with Crippen molar-refractivity contribution in [3.05, 3.63) is 22.1 Å². The number of aromatic amines is 1. The lowest BCUT2D eigenvalue weighted by atomic mass is 9.95. The van der Waals surface area contributed by atoms with Crippen LogP contribution in [0.25, 0.3) is 0 Å². The molecular formula is C26H51N3O4Si2. The lowest BCUT2D eigenvalue weighted by Crippen LogP contribution is -2.54. The summed E-state index contributed by atoms with van der Waals surface area (Å²) in [7, 11) is -4.08. The van der Waals surface area contributed by atoms with Crippen molar-refractivity contribution in [1.82, 2.24) is 9.97 Å². The lowest BCUT2D eigenvalue weighted by molar-refractivity contribution is -0.0541. The molecule has 1 aliphatic heterocycles. The molecule has 0 saturated carbocycles. The molecule has 1 aliphatic rings. The highest BCUT2D eigenvalue weighted by molar-refractivity contribution is 6.74. The monoisotopic (exact) mass is 525 g/mol. The van der Waals surface area contributed by atoms with E-state index in [9.17, 15) is 4.79 Å². The van der Waals surface area contributed by atoms with Gasteiger partial charge in [0.15, 0.2) is 16.6 Å². The third-order valence-electron chi connectivity index (χ3n) is 8.29. The summed E-state index contributed by atoms with van der Waals surface area (Å²) in [5, 5.41) is 3.35. The lowest BCUT2D eigenvalue weighted by Gasteiger charge is -2.45. The van der Waals surface area contributed by atoms with E-state index in [0.717, 1.165) is 19.4 Å². The summed E-state index contributed by atoms with van der Waals surface area (Å²) >= 11 is 0. The second-order valence-corrected chi connectivity index (χ2v) is 22.9. The molecule has 2 N–H and O–H groups in total. The van der Waals surface area contributed by atoms with Gasteiger partial charge in [-0.3, -0.25) is 9.78 Å². The van der Waals surface area contributed by atoms with Crippen LogP contribution in [0, 0.1) is 0 Å². The number of anilines is 1. The fraction of sp³-hybridized carbons (Fsp3) is 0.846. The number of nitrogens with one attached hydrogen (secondary N) is 2. The molecule has 1 saturated heterocycles. The molecule has 3 atom stereocenters. The molecule has 7 nitrogen and oxygen atoms in total. The molecule has 1 fully saturated rings. The Morgan fingerprint density at radius 2 is 1.74 bits per heavy atom. The van der Waals surface area contributed by atoms with Crippen LogP contribution in [0.3, 0.4) is 0 Å². The van der Waals surface area contributed by atoms with Gasteiger partial charge in [0.1, 0.15) is 6.10 Å². The molecule has 2 rings (SSSR count). The summed E-state index contributed by atoms with van der Waals surface area (Å²) in [5.74, 6) is 0.503. The molecule has 0 spiro atoms. The molecule has 0 amide bonds. The van der Waals surface area contributed by atoms with Crippen molar-refractivity contribution in [3.63, 3.8) is 0 Å². The Morgan fingerprint density at radius 3 is 2.26 bits per heavy atom. The summed E-state index contributed by atoms with van der Waals surface area (Å²) < 4.78 is 20.2. The third-order valence-corrected chi connectivity index (χ3v) is 17.4. The van der Waals surface area contributed by atoms with Crippen molar-refractivity contribution in [2.24, 2.45) is 0 Å². The molecule has 1 aromatic rings. The number of H-pyrrole nitrogens is 1. The number of rotatable bonds is 10. The zero-order valence-electron chi connectivity index (χ0n) is 24.3. The number of aromatic nitrogens is 2. The maximum atomic E-state index is 13.0. The fourth-order valence-corrected chi connectivity index (χ4v) is 6.43. The molecule has 1 aromatic heterocycles. The van der Waals surface area contributed by atoms with E-state index < -0.39 is 28.3 Å². The smallest absolute Gasteiger partial charge is 0.258 e. The van der Waals surface area contributed by atoms with E-state index in [0.29, 0.717) is 24.5 Å². The Balaban J connectivity index is 2.32. The van der Waals surface area contributed by atoms with E-state index in [1.165, 1.54) is 0 Å². The number of nitrogens with zero attached hydrogens (tertiary/aromatic N) is 1. The topological polar surface area (TPSA) is 85.5 Å².